The Balaban J connectivity index is 1.91. The first-order valence-electron chi connectivity index (χ1n) is 9.99. The van der Waals surface area contributed by atoms with Gasteiger partial charge in [0.2, 0.25) is 0 Å². The van der Waals surface area contributed by atoms with Crippen LogP contribution in [0.3, 0.4) is 0 Å². The maximum Gasteiger partial charge on any atom is 0.267 e. The van der Waals surface area contributed by atoms with Crippen molar-refractivity contribution in [1.29, 1.82) is 0 Å². The Kier molecular flexibility index (Phi) is 6.04. The molecule has 3 heterocycles. The highest BCUT2D eigenvalue weighted by Crippen LogP contribution is 2.36. The number of methoxy groups -OCH3 is 1. The molecule has 30 heavy (non-hydrogen) atoms. The van der Waals surface area contributed by atoms with Gasteiger partial charge in [0.15, 0.2) is 5.16 Å². The summed E-state index contributed by atoms with van der Waals surface area (Å²) in [5.74, 6) is 1.86. The smallest absolute Gasteiger partial charge is 0.267 e. The second-order valence-electron chi connectivity index (χ2n) is 7.96. The van der Waals surface area contributed by atoms with Crippen LogP contribution in [0.25, 0.3) is 15.9 Å². The molecular formula is C23H26N2O3S2. The van der Waals surface area contributed by atoms with Crippen LogP contribution < -0.4 is 10.3 Å². The summed E-state index contributed by atoms with van der Waals surface area (Å²) in [4.78, 5) is 20.6. The molecule has 0 N–H and O–H groups in total. The Morgan fingerprint density at radius 2 is 2.13 bits per heavy atom. The van der Waals surface area contributed by atoms with Gasteiger partial charge in [0.05, 0.1) is 30.9 Å². The fourth-order valence-corrected chi connectivity index (χ4v) is 5.60. The third kappa shape index (κ3) is 3.94. The van der Waals surface area contributed by atoms with Crippen molar-refractivity contribution in [3.05, 3.63) is 57.2 Å². The summed E-state index contributed by atoms with van der Waals surface area (Å²) in [5, 5.41) is 1.42. The van der Waals surface area contributed by atoms with E-state index < -0.39 is 0 Å². The van der Waals surface area contributed by atoms with E-state index in [2.05, 4.69) is 20.4 Å². The molecule has 4 rings (SSSR count). The van der Waals surface area contributed by atoms with Crippen molar-refractivity contribution in [3.63, 3.8) is 0 Å². The van der Waals surface area contributed by atoms with Crippen molar-refractivity contribution in [1.82, 2.24) is 9.55 Å². The first-order chi connectivity index (χ1) is 14.4. The molecule has 0 spiro atoms. The number of thiophene rings is 1. The van der Waals surface area contributed by atoms with Gasteiger partial charge in [-0.15, -0.1) is 11.3 Å². The molecule has 0 saturated carbocycles. The van der Waals surface area contributed by atoms with Gasteiger partial charge in [0, 0.05) is 17.1 Å². The number of hydrogen-bond acceptors (Lipinski definition) is 6. The van der Waals surface area contributed by atoms with Gasteiger partial charge in [0.1, 0.15) is 10.6 Å². The SMILES string of the molecule is C=C(C)CSc1nc2sc3c(c2c(=O)n1-c1ccc(OC)cc1)CC(C(C)C)OC3. The summed E-state index contributed by atoms with van der Waals surface area (Å²) in [6.45, 7) is 10.8. The van der Waals surface area contributed by atoms with Gasteiger partial charge in [-0.05, 0) is 42.7 Å². The molecule has 0 fully saturated rings. The normalized spacial score (nSPS) is 16.1. The Morgan fingerprint density at radius 1 is 1.40 bits per heavy atom. The fourth-order valence-electron chi connectivity index (χ4n) is 3.58. The molecule has 1 aromatic carbocycles. The van der Waals surface area contributed by atoms with Crippen LogP contribution >= 0.6 is 23.1 Å². The molecule has 1 aliphatic rings. The van der Waals surface area contributed by atoms with E-state index in [1.807, 2.05) is 31.2 Å². The number of ether oxygens (including phenoxy) is 2. The van der Waals surface area contributed by atoms with E-state index >= 15 is 0 Å². The second-order valence-corrected chi connectivity index (χ2v) is 9.99. The van der Waals surface area contributed by atoms with Crippen LogP contribution in [-0.2, 0) is 17.8 Å². The molecule has 0 radical (unpaired) electrons. The summed E-state index contributed by atoms with van der Waals surface area (Å²) in [6.07, 6.45) is 0.881. The summed E-state index contributed by atoms with van der Waals surface area (Å²) >= 11 is 3.12. The Hall–Kier alpha value is -2.09. The van der Waals surface area contributed by atoms with Crippen molar-refractivity contribution >= 4 is 33.3 Å². The molecule has 0 aliphatic carbocycles. The van der Waals surface area contributed by atoms with Crippen molar-refractivity contribution in [2.75, 3.05) is 12.9 Å². The van der Waals surface area contributed by atoms with Crippen LogP contribution in [0.5, 0.6) is 5.75 Å². The minimum Gasteiger partial charge on any atom is -0.497 e. The predicted octanol–water partition coefficient (Wildman–Crippen LogP) is 5.22. The Labute approximate surface area is 184 Å². The maximum absolute atomic E-state index is 13.8. The average molecular weight is 443 g/mol. The van der Waals surface area contributed by atoms with Gasteiger partial charge in [-0.2, -0.15) is 0 Å². The first kappa shape index (κ1) is 21.2. The van der Waals surface area contributed by atoms with Crippen LogP contribution in [0.15, 0.2) is 46.4 Å². The van der Waals surface area contributed by atoms with Gasteiger partial charge in [-0.3, -0.25) is 9.36 Å². The molecule has 5 nitrogen and oxygen atoms in total. The van der Waals surface area contributed by atoms with Crippen LogP contribution in [0.2, 0.25) is 0 Å². The van der Waals surface area contributed by atoms with E-state index in [0.29, 0.717) is 23.4 Å². The third-order valence-electron chi connectivity index (χ3n) is 5.23. The number of hydrogen-bond donors (Lipinski definition) is 0. The van der Waals surface area contributed by atoms with Crippen LogP contribution in [0.1, 0.15) is 31.2 Å². The monoisotopic (exact) mass is 442 g/mol. The lowest BCUT2D eigenvalue weighted by molar-refractivity contribution is 0.00200. The van der Waals surface area contributed by atoms with Gasteiger partial charge in [0.25, 0.3) is 5.56 Å². The van der Waals surface area contributed by atoms with Crippen molar-refractivity contribution in [3.8, 4) is 11.4 Å². The quantitative estimate of drug-likeness (QED) is 0.298. The van der Waals surface area contributed by atoms with Gasteiger partial charge >= 0.3 is 0 Å². The lowest BCUT2D eigenvalue weighted by atomic mass is 9.96. The largest absolute Gasteiger partial charge is 0.497 e. The lowest BCUT2D eigenvalue weighted by Crippen LogP contribution is -2.28. The van der Waals surface area contributed by atoms with E-state index in [1.165, 1.54) is 11.8 Å². The van der Waals surface area contributed by atoms with Crippen LogP contribution in [0.4, 0.5) is 0 Å². The predicted molar refractivity (Wildman–Crippen MR) is 124 cm³/mol. The van der Waals surface area contributed by atoms with E-state index in [0.717, 1.165) is 44.1 Å². The number of rotatable bonds is 6. The molecule has 1 aliphatic heterocycles. The zero-order valence-corrected chi connectivity index (χ0v) is 19.4. The zero-order chi connectivity index (χ0) is 21.4. The standard InChI is InChI=1S/C23H26N2O3S2/c1-13(2)12-29-23-24-21-20(17-10-18(14(3)4)28-11-19(17)30-21)22(26)25(23)15-6-8-16(27-5)9-7-15/h6-9,14,18H,1,10-12H2,2-5H3. The highest BCUT2D eigenvalue weighted by Gasteiger charge is 2.28. The molecule has 3 aromatic rings. The minimum absolute atomic E-state index is 0.0173. The van der Waals surface area contributed by atoms with E-state index in [1.54, 1.807) is 23.0 Å². The topological polar surface area (TPSA) is 53.4 Å². The van der Waals surface area contributed by atoms with Crippen molar-refractivity contribution < 1.29 is 9.47 Å². The van der Waals surface area contributed by atoms with E-state index in [-0.39, 0.29) is 11.7 Å². The second kappa shape index (κ2) is 8.57. The molecular weight excluding hydrogens is 416 g/mol. The van der Waals surface area contributed by atoms with Crippen LogP contribution in [0, 0.1) is 5.92 Å². The first-order valence-corrected chi connectivity index (χ1v) is 11.8. The number of fused-ring (bicyclic) bond motifs is 3. The van der Waals surface area contributed by atoms with Crippen LogP contribution in [-0.4, -0.2) is 28.5 Å². The number of nitrogens with zero attached hydrogens (tertiary/aromatic N) is 2. The molecule has 7 heteroatoms. The summed E-state index contributed by atoms with van der Waals surface area (Å²) in [6, 6.07) is 7.53. The molecule has 1 unspecified atom stereocenters. The minimum atomic E-state index is -0.0173. The number of thioether (sulfide) groups is 1. The number of aromatic nitrogens is 2. The lowest BCUT2D eigenvalue weighted by Gasteiger charge is -2.26. The summed E-state index contributed by atoms with van der Waals surface area (Å²) < 4.78 is 13.0. The van der Waals surface area contributed by atoms with E-state index in [4.69, 9.17) is 14.5 Å². The average Bonchev–Trinajstić information content (AvgIpc) is 3.10. The van der Waals surface area contributed by atoms with Crippen molar-refractivity contribution in [2.24, 2.45) is 5.92 Å². The molecule has 0 saturated heterocycles. The fraction of sp³-hybridized carbons (Fsp3) is 0.391. The third-order valence-corrected chi connectivity index (χ3v) is 7.50. The van der Waals surface area contributed by atoms with Gasteiger partial charge in [-0.1, -0.05) is 37.8 Å². The zero-order valence-electron chi connectivity index (χ0n) is 17.7. The maximum atomic E-state index is 13.8. The van der Waals surface area contributed by atoms with E-state index in [9.17, 15) is 4.79 Å². The molecule has 2 aromatic heterocycles. The van der Waals surface area contributed by atoms with Gasteiger partial charge in [-0.25, -0.2) is 4.98 Å². The molecule has 158 valence electrons. The molecule has 1 atom stereocenters. The summed E-state index contributed by atoms with van der Waals surface area (Å²) in [5.41, 5.74) is 2.91. The molecule has 0 amide bonds. The Bertz CT molecular complexity index is 1150. The number of benzene rings is 1. The highest BCUT2D eigenvalue weighted by molar-refractivity contribution is 7.99. The van der Waals surface area contributed by atoms with Crippen molar-refractivity contribution in [2.45, 2.75) is 45.1 Å². The highest BCUT2D eigenvalue weighted by atomic mass is 32.2. The Morgan fingerprint density at radius 3 is 2.77 bits per heavy atom. The molecule has 0 bridgehead atoms. The summed E-state index contributed by atoms with van der Waals surface area (Å²) in [7, 11) is 1.63. The van der Waals surface area contributed by atoms with Gasteiger partial charge < -0.3 is 9.47 Å².